The molecule has 0 saturated heterocycles. The number of hydrogen-bond donors (Lipinski definition) is 1. The highest BCUT2D eigenvalue weighted by Crippen LogP contribution is 2.25. The molecule has 0 fully saturated rings. The molecule has 1 rings (SSSR count). The van der Waals surface area contributed by atoms with E-state index in [1.54, 1.807) is 0 Å². The van der Waals surface area contributed by atoms with Gasteiger partial charge in [0.15, 0.2) is 16.4 Å². The van der Waals surface area contributed by atoms with Crippen LogP contribution in [0.1, 0.15) is 10.4 Å². The number of terminal acetylenes is 1. The molecule has 1 aromatic rings. The first-order valence-corrected chi connectivity index (χ1v) is 7.91. The van der Waals surface area contributed by atoms with Crippen molar-refractivity contribution in [2.45, 2.75) is 4.90 Å². The average molecular weight is 340 g/mol. The van der Waals surface area contributed by atoms with Crippen molar-refractivity contribution >= 4 is 27.4 Å². The molecule has 9 nitrogen and oxygen atoms in total. The van der Waals surface area contributed by atoms with Crippen molar-refractivity contribution in [3.63, 3.8) is 0 Å². The summed E-state index contributed by atoms with van der Waals surface area (Å²) in [5, 5.41) is 13.2. The lowest BCUT2D eigenvalue weighted by Crippen LogP contribution is -2.29. The van der Waals surface area contributed by atoms with Gasteiger partial charge in [0.05, 0.1) is 17.0 Å². The smallest absolute Gasteiger partial charge is 0.338 e. The predicted molar refractivity (Wildman–Crippen MR) is 78.3 cm³/mol. The van der Waals surface area contributed by atoms with Gasteiger partial charge in [-0.1, -0.05) is 5.92 Å². The third-order valence-electron chi connectivity index (χ3n) is 2.51. The molecule has 23 heavy (non-hydrogen) atoms. The minimum Gasteiger partial charge on any atom is -0.452 e. The van der Waals surface area contributed by atoms with Gasteiger partial charge in [-0.25, -0.2) is 13.2 Å². The van der Waals surface area contributed by atoms with Crippen LogP contribution in [0.4, 0.5) is 5.69 Å². The Labute approximate surface area is 131 Å². The first-order chi connectivity index (χ1) is 10.7. The number of nitro groups is 1. The van der Waals surface area contributed by atoms with Gasteiger partial charge in [-0.2, -0.15) is 0 Å². The summed E-state index contributed by atoms with van der Waals surface area (Å²) in [5.74, 6) is 0.504. The quantitative estimate of drug-likeness (QED) is 0.331. The number of nitro benzene ring substituents is 1. The molecule has 0 saturated carbocycles. The first-order valence-electron chi connectivity index (χ1n) is 6.02. The SMILES string of the molecule is C#CCNC(=O)COC(=O)c1ccc(S(C)(=O)=O)c([N+](=O)[O-])c1. The number of carbonyl (C=O) groups is 2. The predicted octanol–water partition coefficient (Wildman–Crippen LogP) is -0.0955. The van der Waals surface area contributed by atoms with Crippen LogP contribution in [-0.4, -0.2) is 44.6 Å². The van der Waals surface area contributed by atoms with Crippen molar-refractivity contribution in [2.75, 3.05) is 19.4 Å². The summed E-state index contributed by atoms with van der Waals surface area (Å²) in [4.78, 5) is 32.5. The van der Waals surface area contributed by atoms with Gasteiger partial charge in [-0.15, -0.1) is 6.42 Å². The van der Waals surface area contributed by atoms with Crippen LogP contribution in [-0.2, 0) is 19.4 Å². The van der Waals surface area contributed by atoms with Gasteiger partial charge in [-0.3, -0.25) is 14.9 Å². The molecule has 0 aliphatic rings. The molecular formula is C13H12N2O7S. The van der Waals surface area contributed by atoms with Crippen LogP contribution in [0.25, 0.3) is 0 Å². The van der Waals surface area contributed by atoms with E-state index in [0.717, 1.165) is 24.5 Å². The van der Waals surface area contributed by atoms with E-state index in [0.29, 0.717) is 0 Å². The summed E-state index contributed by atoms with van der Waals surface area (Å²) in [7, 11) is -3.83. The summed E-state index contributed by atoms with van der Waals surface area (Å²) < 4.78 is 27.6. The highest BCUT2D eigenvalue weighted by molar-refractivity contribution is 7.90. The van der Waals surface area contributed by atoms with Crippen LogP contribution in [0, 0.1) is 22.5 Å². The third kappa shape index (κ3) is 5.08. The molecule has 0 bridgehead atoms. The van der Waals surface area contributed by atoms with Crippen LogP contribution in [0.5, 0.6) is 0 Å². The van der Waals surface area contributed by atoms with Crippen molar-refractivity contribution in [3.8, 4) is 12.3 Å². The van der Waals surface area contributed by atoms with E-state index in [1.165, 1.54) is 0 Å². The van der Waals surface area contributed by atoms with E-state index in [9.17, 15) is 28.1 Å². The molecular weight excluding hydrogens is 328 g/mol. The fraction of sp³-hybridized carbons (Fsp3) is 0.231. The molecule has 0 aromatic heterocycles. The Morgan fingerprint density at radius 1 is 1.43 bits per heavy atom. The standard InChI is InChI=1S/C13H12N2O7S/c1-3-6-14-12(16)8-22-13(17)9-4-5-11(23(2,20)21)10(7-9)15(18)19/h1,4-5,7H,6,8H2,2H3,(H,14,16). The Balaban J connectivity index is 2.95. The van der Waals surface area contributed by atoms with Gasteiger partial charge < -0.3 is 10.1 Å². The average Bonchev–Trinajstić information content (AvgIpc) is 2.48. The van der Waals surface area contributed by atoms with Crippen LogP contribution >= 0.6 is 0 Å². The molecule has 1 N–H and O–H groups in total. The Bertz CT molecular complexity index is 793. The number of nitrogens with zero attached hydrogens (tertiary/aromatic N) is 1. The molecule has 0 aliphatic heterocycles. The second-order valence-corrected chi connectivity index (χ2v) is 6.25. The monoisotopic (exact) mass is 340 g/mol. The number of rotatable bonds is 6. The van der Waals surface area contributed by atoms with E-state index in [1.807, 2.05) is 0 Å². The van der Waals surface area contributed by atoms with Crippen LogP contribution in [0.3, 0.4) is 0 Å². The number of nitrogens with one attached hydrogen (secondary N) is 1. The zero-order valence-corrected chi connectivity index (χ0v) is 12.8. The molecule has 0 heterocycles. The third-order valence-corrected chi connectivity index (χ3v) is 3.66. The molecule has 0 spiro atoms. The Hall–Kier alpha value is -2.93. The topological polar surface area (TPSA) is 133 Å². The van der Waals surface area contributed by atoms with E-state index in [-0.39, 0.29) is 12.1 Å². The summed E-state index contributed by atoms with van der Waals surface area (Å²) in [6.45, 7) is -0.660. The lowest BCUT2D eigenvalue weighted by atomic mass is 10.2. The molecule has 0 unspecified atom stereocenters. The van der Waals surface area contributed by atoms with Crippen molar-refractivity contribution in [1.29, 1.82) is 0 Å². The van der Waals surface area contributed by atoms with Gasteiger partial charge in [0.25, 0.3) is 11.6 Å². The number of sulfone groups is 1. The Morgan fingerprint density at radius 2 is 2.09 bits per heavy atom. The normalized spacial score (nSPS) is 10.4. The number of carbonyl (C=O) groups excluding carboxylic acids is 2. The fourth-order valence-corrected chi connectivity index (χ4v) is 2.34. The minimum atomic E-state index is -3.83. The lowest BCUT2D eigenvalue weighted by Gasteiger charge is -2.06. The summed E-state index contributed by atoms with van der Waals surface area (Å²) >= 11 is 0. The molecule has 10 heteroatoms. The lowest BCUT2D eigenvalue weighted by molar-refractivity contribution is -0.387. The van der Waals surface area contributed by atoms with E-state index >= 15 is 0 Å². The van der Waals surface area contributed by atoms with Gasteiger partial charge in [-0.05, 0) is 12.1 Å². The summed E-state index contributed by atoms with van der Waals surface area (Å²) in [6, 6.07) is 2.77. The van der Waals surface area contributed by atoms with Crippen molar-refractivity contribution < 1.29 is 27.7 Å². The number of ether oxygens (including phenoxy) is 1. The maximum absolute atomic E-state index is 11.7. The molecule has 0 atom stereocenters. The second-order valence-electron chi connectivity index (χ2n) is 4.27. The van der Waals surface area contributed by atoms with E-state index in [2.05, 4.69) is 16.0 Å². The molecule has 1 amide bonds. The van der Waals surface area contributed by atoms with Gasteiger partial charge in [0, 0.05) is 12.3 Å². The molecule has 122 valence electrons. The summed E-state index contributed by atoms with van der Waals surface area (Å²) in [6.07, 6.45) is 5.74. The molecule has 0 radical (unpaired) electrons. The Morgan fingerprint density at radius 3 is 2.61 bits per heavy atom. The van der Waals surface area contributed by atoms with Crippen molar-refractivity contribution in [2.24, 2.45) is 0 Å². The van der Waals surface area contributed by atoms with E-state index in [4.69, 9.17) is 6.42 Å². The van der Waals surface area contributed by atoms with Crippen LogP contribution in [0.2, 0.25) is 0 Å². The number of benzene rings is 1. The molecule has 1 aromatic carbocycles. The molecule has 0 aliphatic carbocycles. The minimum absolute atomic E-state index is 0.0368. The number of esters is 1. The second kappa shape index (κ2) is 7.37. The zero-order chi connectivity index (χ0) is 17.6. The number of hydrogen-bond acceptors (Lipinski definition) is 7. The first kappa shape index (κ1) is 18.1. The van der Waals surface area contributed by atoms with Gasteiger partial charge in [0.2, 0.25) is 0 Å². The van der Waals surface area contributed by atoms with Gasteiger partial charge in [0.1, 0.15) is 4.90 Å². The summed E-state index contributed by atoms with van der Waals surface area (Å²) in [5.41, 5.74) is -1.01. The van der Waals surface area contributed by atoms with Crippen molar-refractivity contribution in [3.05, 3.63) is 33.9 Å². The maximum Gasteiger partial charge on any atom is 0.338 e. The van der Waals surface area contributed by atoms with Crippen LogP contribution in [0.15, 0.2) is 23.1 Å². The fourth-order valence-electron chi connectivity index (χ4n) is 1.52. The maximum atomic E-state index is 11.7. The zero-order valence-electron chi connectivity index (χ0n) is 11.9. The Kier molecular flexibility index (Phi) is 5.81. The van der Waals surface area contributed by atoms with Crippen molar-refractivity contribution in [1.82, 2.24) is 5.32 Å². The van der Waals surface area contributed by atoms with Gasteiger partial charge >= 0.3 is 5.97 Å². The highest BCUT2D eigenvalue weighted by atomic mass is 32.2. The largest absolute Gasteiger partial charge is 0.452 e. The number of amides is 1. The van der Waals surface area contributed by atoms with E-state index < -0.39 is 43.8 Å². The van der Waals surface area contributed by atoms with Crippen LogP contribution < -0.4 is 5.32 Å². The highest BCUT2D eigenvalue weighted by Gasteiger charge is 2.24.